The lowest BCUT2D eigenvalue weighted by Crippen LogP contribution is -2.02. The third kappa shape index (κ3) is 1.75. The van der Waals surface area contributed by atoms with Crippen molar-refractivity contribution in [3.63, 3.8) is 0 Å². The van der Waals surface area contributed by atoms with Crippen molar-refractivity contribution in [3.8, 4) is 11.3 Å². The molecule has 2 rings (SSSR count). The lowest BCUT2D eigenvalue weighted by molar-refractivity contribution is 0.0601. The monoisotopic (exact) mass is 218 g/mol. The minimum absolute atomic E-state index is 0.273. The molecule has 0 radical (unpaired) electrons. The Bertz CT molecular complexity index is 519. The second-order valence-corrected chi connectivity index (χ2v) is 3.15. The molecule has 0 aliphatic carbocycles. The molecule has 5 nitrogen and oxygen atoms in total. The largest absolute Gasteiger partial charge is 0.465 e. The van der Waals surface area contributed by atoms with E-state index in [4.69, 9.17) is 10.3 Å². The van der Waals surface area contributed by atoms with Gasteiger partial charge in [0.05, 0.1) is 12.7 Å². The maximum absolute atomic E-state index is 11.5. The van der Waals surface area contributed by atoms with Crippen LogP contribution in [0.3, 0.4) is 0 Å². The number of hydrogen-bond donors (Lipinski definition) is 1. The van der Waals surface area contributed by atoms with Crippen LogP contribution in [0.25, 0.3) is 11.3 Å². The van der Waals surface area contributed by atoms with Crippen LogP contribution in [0.2, 0.25) is 0 Å². The number of anilines is 1. The van der Waals surface area contributed by atoms with Crippen LogP contribution in [-0.2, 0) is 4.74 Å². The molecule has 2 aromatic rings. The Morgan fingerprint density at radius 1 is 1.44 bits per heavy atom. The molecular formula is C11H10N2O3. The van der Waals surface area contributed by atoms with Crippen molar-refractivity contribution in [3.05, 3.63) is 35.9 Å². The fourth-order valence-electron chi connectivity index (χ4n) is 1.40. The number of rotatable bonds is 2. The van der Waals surface area contributed by atoms with E-state index in [1.807, 2.05) is 0 Å². The van der Waals surface area contributed by atoms with E-state index in [1.165, 1.54) is 7.11 Å². The van der Waals surface area contributed by atoms with Gasteiger partial charge >= 0.3 is 5.97 Å². The predicted molar refractivity (Wildman–Crippen MR) is 57.7 cm³/mol. The number of carbonyl (C=O) groups excluding carboxylic acids is 1. The molecular weight excluding hydrogens is 208 g/mol. The zero-order valence-corrected chi connectivity index (χ0v) is 8.64. The quantitative estimate of drug-likeness (QED) is 0.776. The van der Waals surface area contributed by atoms with Crippen molar-refractivity contribution in [2.24, 2.45) is 0 Å². The molecule has 1 aromatic carbocycles. The first-order valence-electron chi connectivity index (χ1n) is 4.62. The molecule has 0 atom stereocenters. The number of hydrogen-bond acceptors (Lipinski definition) is 5. The number of benzene rings is 1. The van der Waals surface area contributed by atoms with Gasteiger partial charge in [-0.3, -0.25) is 0 Å². The second kappa shape index (κ2) is 4.06. The van der Waals surface area contributed by atoms with E-state index in [9.17, 15) is 4.79 Å². The van der Waals surface area contributed by atoms with Crippen molar-refractivity contribution >= 4 is 11.8 Å². The van der Waals surface area contributed by atoms with E-state index in [-0.39, 0.29) is 5.82 Å². The van der Waals surface area contributed by atoms with Crippen molar-refractivity contribution in [1.29, 1.82) is 0 Å². The summed E-state index contributed by atoms with van der Waals surface area (Å²) in [5.41, 5.74) is 6.48. The first-order valence-corrected chi connectivity index (χ1v) is 4.62. The van der Waals surface area contributed by atoms with E-state index in [1.54, 1.807) is 30.3 Å². The van der Waals surface area contributed by atoms with Gasteiger partial charge in [0.15, 0.2) is 11.6 Å². The Labute approximate surface area is 91.8 Å². The van der Waals surface area contributed by atoms with Crippen molar-refractivity contribution in [2.75, 3.05) is 12.8 Å². The highest BCUT2D eigenvalue weighted by atomic mass is 16.5. The van der Waals surface area contributed by atoms with Gasteiger partial charge in [-0.1, -0.05) is 23.4 Å². The number of nitrogens with two attached hydrogens (primary N) is 1. The van der Waals surface area contributed by atoms with Crippen LogP contribution in [0, 0.1) is 0 Å². The topological polar surface area (TPSA) is 78.4 Å². The summed E-state index contributed by atoms with van der Waals surface area (Å²) >= 11 is 0. The van der Waals surface area contributed by atoms with Crippen LogP contribution in [0.1, 0.15) is 10.4 Å². The van der Waals surface area contributed by atoms with Crippen molar-refractivity contribution in [2.45, 2.75) is 0 Å². The Hall–Kier alpha value is -2.30. The average Bonchev–Trinajstić information content (AvgIpc) is 2.75. The lowest BCUT2D eigenvalue weighted by atomic mass is 10.1. The SMILES string of the molecule is COC(=O)c1ccccc1-c1cc(N)no1. The highest BCUT2D eigenvalue weighted by Crippen LogP contribution is 2.25. The van der Waals surface area contributed by atoms with Crippen LogP contribution < -0.4 is 5.73 Å². The fourth-order valence-corrected chi connectivity index (χ4v) is 1.40. The summed E-state index contributed by atoms with van der Waals surface area (Å²) in [5, 5.41) is 3.57. The third-order valence-corrected chi connectivity index (χ3v) is 2.13. The number of ether oxygens (including phenoxy) is 1. The van der Waals surface area contributed by atoms with Crippen LogP contribution in [0.4, 0.5) is 5.82 Å². The Morgan fingerprint density at radius 2 is 2.19 bits per heavy atom. The average molecular weight is 218 g/mol. The highest BCUT2D eigenvalue weighted by Gasteiger charge is 2.15. The standard InChI is InChI=1S/C11H10N2O3/c1-15-11(14)8-5-3-2-4-7(8)9-6-10(12)13-16-9/h2-6H,1H3,(H2,12,13). The molecule has 0 aliphatic heterocycles. The van der Waals surface area contributed by atoms with Crippen molar-refractivity contribution in [1.82, 2.24) is 5.16 Å². The first kappa shape index (κ1) is 10.2. The molecule has 0 unspecified atom stereocenters. The molecule has 0 bridgehead atoms. The van der Waals surface area contributed by atoms with Gasteiger partial charge < -0.3 is 15.0 Å². The summed E-state index contributed by atoms with van der Waals surface area (Å²) in [6.45, 7) is 0. The third-order valence-electron chi connectivity index (χ3n) is 2.13. The molecule has 5 heteroatoms. The summed E-state index contributed by atoms with van der Waals surface area (Å²) in [4.78, 5) is 11.5. The summed E-state index contributed by atoms with van der Waals surface area (Å²) in [6.07, 6.45) is 0. The summed E-state index contributed by atoms with van der Waals surface area (Å²) in [7, 11) is 1.33. The molecule has 82 valence electrons. The van der Waals surface area contributed by atoms with E-state index >= 15 is 0 Å². The van der Waals surface area contributed by atoms with Gasteiger partial charge in [-0.15, -0.1) is 0 Å². The molecule has 1 aromatic heterocycles. The Balaban J connectivity index is 2.52. The van der Waals surface area contributed by atoms with Crippen LogP contribution in [0.5, 0.6) is 0 Å². The van der Waals surface area contributed by atoms with Gasteiger partial charge in [0.25, 0.3) is 0 Å². The highest BCUT2D eigenvalue weighted by molar-refractivity contribution is 5.96. The molecule has 1 heterocycles. The molecule has 0 amide bonds. The lowest BCUT2D eigenvalue weighted by Gasteiger charge is -2.03. The van der Waals surface area contributed by atoms with Crippen LogP contribution >= 0.6 is 0 Å². The maximum Gasteiger partial charge on any atom is 0.338 e. The Kier molecular flexibility index (Phi) is 2.59. The Morgan fingerprint density at radius 3 is 2.81 bits per heavy atom. The van der Waals surface area contributed by atoms with Crippen LogP contribution in [0.15, 0.2) is 34.9 Å². The zero-order valence-electron chi connectivity index (χ0n) is 8.64. The maximum atomic E-state index is 11.5. The molecule has 16 heavy (non-hydrogen) atoms. The number of aromatic nitrogens is 1. The number of esters is 1. The number of nitrogen functional groups attached to an aromatic ring is 1. The molecule has 0 saturated carbocycles. The van der Waals surface area contributed by atoms with Gasteiger partial charge in [-0.25, -0.2) is 4.79 Å². The second-order valence-electron chi connectivity index (χ2n) is 3.15. The van der Waals surface area contributed by atoms with E-state index in [0.717, 1.165) is 0 Å². The van der Waals surface area contributed by atoms with Crippen molar-refractivity contribution < 1.29 is 14.1 Å². The smallest absolute Gasteiger partial charge is 0.338 e. The minimum Gasteiger partial charge on any atom is -0.465 e. The van der Waals surface area contributed by atoms with Gasteiger partial charge in [0.2, 0.25) is 0 Å². The molecule has 0 spiro atoms. The van der Waals surface area contributed by atoms with Crippen LogP contribution in [-0.4, -0.2) is 18.2 Å². The molecule has 0 aliphatic rings. The fraction of sp³-hybridized carbons (Fsp3) is 0.0909. The number of methoxy groups -OCH3 is 1. The summed E-state index contributed by atoms with van der Waals surface area (Å²) in [5.74, 6) is 0.291. The van der Waals surface area contributed by atoms with E-state index in [2.05, 4.69) is 9.89 Å². The van der Waals surface area contributed by atoms with E-state index < -0.39 is 5.97 Å². The van der Waals surface area contributed by atoms with Gasteiger partial charge in [0, 0.05) is 11.6 Å². The normalized spacial score (nSPS) is 10.1. The number of nitrogens with zero attached hydrogens (tertiary/aromatic N) is 1. The van der Waals surface area contributed by atoms with Gasteiger partial charge in [-0.05, 0) is 6.07 Å². The van der Waals surface area contributed by atoms with Gasteiger partial charge in [0.1, 0.15) is 0 Å². The minimum atomic E-state index is -0.425. The molecule has 0 fully saturated rings. The predicted octanol–water partition coefficient (Wildman–Crippen LogP) is 1.71. The van der Waals surface area contributed by atoms with E-state index in [0.29, 0.717) is 16.9 Å². The first-order chi connectivity index (χ1) is 7.72. The summed E-state index contributed by atoms with van der Waals surface area (Å²) < 4.78 is 9.68. The van der Waals surface area contributed by atoms with Gasteiger partial charge in [-0.2, -0.15) is 0 Å². The molecule has 2 N–H and O–H groups in total. The number of carbonyl (C=O) groups is 1. The molecule has 0 saturated heterocycles. The summed E-state index contributed by atoms with van der Waals surface area (Å²) in [6, 6.07) is 8.49. The zero-order chi connectivity index (χ0) is 11.5.